The lowest BCUT2D eigenvalue weighted by atomic mass is 10.2. The molecule has 10 heteroatoms. The fourth-order valence-electron chi connectivity index (χ4n) is 3.69. The number of halogens is 2. The van der Waals surface area contributed by atoms with Crippen molar-refractivity contribution in [3.05, 3.63) is 86.9 Å². The molecule has 1 N–H and O–H groups in total. The third-order valence-electron chi connectivity index (χ3n) is 5.35. The summed E-state index contributed by atoms with van der Waals surface area (Å²) in [5, 5.41) is 14.8. The number of nitrogens with zero attached hydrogens (tertiary/aromatic N) is 5. The molecular weight excluding hydrogens is 435 g/mol. The Kier molecular flexibility index (Phi) is 6.77. The lowest BCUT2D eigenvalue weighted by Gasteiger charge is -2.35. The highest BCUT2D eigenvalue weighted by atomic mass is 35.5. The van der Waals surface area contributed by atoms with Gasteiger partial charge >= 0.3 is 5.69 Å². The van der Waals surface area contributed by atoms with Gasteiger partial charge in [-0.25, -0.2) is 14.4 Å². The molecule has 166 valence electrons. The van der Waals surface area contributed by atoms with Crippen molar-refractivity contribution < 1.29 is 9.31 Å². The predicted molar refractivity (Wildman–Crippen MR) is 121 cm³/mol. The van der Waals surface area contributed by atoms with Gasteiger partial charge in [-0.15, -0.1) is 0 Å². The van der Waals surface area contributed by atoms with Gasteiger partial charge in [0.15, 0.2) is 0 Å². The van der Waals surface area contributed by atoms with Gasteiger partial charge in [0.2, 0.25) is 11.6 Å². The van der Waals surface area contributed by atoms with Crippen LogP contribution in [-0.4, -0.2) is 46.0 Å². The number of rotatable bonds is 7. The standard InChI is InChI=1S/C22H22ClFN6O2/c23-18-12-17(6-7-19(18)24)13-25-21-20(30(31)32)22(27-15-26-21)29-10-8-28(9-11-29)14-16-4-2-1-3-5-16/h1-7,12,15H,8-11,13-14H2,(H,25,26,27). The van der Waals surface area contributed by atoms with E-state index in [0.717, 1.165) is 19.6 Å². The van der Waals surface area contributed by atoms with Gasteiger partial charge in [-0.05, 0) is 23.3 Å². The fraction of sp³-hybridized carbons (Fsp3) is 0.273. The van der Waals surface area contributed by atoms with Crippen LogP contribution < -0.4 is 10.2 Å². The minimum absolute atomic E-state index is 0.00412. The normalized spacial score (nSPS) is 14.4. The first-order valence-corrected chi connectivity index (χ1v) is 10.6. The molecule has 0 atom stereocenters. The summed E-state index contributed by atoms with van der Waals surface area (Å²) >= 11 is 5.82. The zero-order valence-electron chi connectivity index (χ0n) is 17.2. The summed E-state index contributed by atoms with van der Waals surface area (Å²) in [6.45, 7) is 3.84. The second-order valence-electron chi connectivity index (χ2n) is 7.50. The highest BCUT2D eigenvalue weighted by Crippen LogP contribution is 2.32. The van der Waals surface area contributed by atoms with Gasteiger partial charge in [0.25, 0.3) is 0 Å². The molecule has 2 aromatic carbocycles. The van der Waals surface area contributed by atoms with Gasteiger partial charge in [-0.2, -0.15) is 0 Å². The van der Waals surface area contributed by atoms with Crippen LogP contribution in [0.25, 0.3) is 0 Å². The molecule has 0 saturated carbocycles. The van der Waals surface area contributed by atoms with Crippen molar-refractivity contribution in [1.29, 1.82) is 0 Å². The monoisotopic (exact) mass is 456 g/mol. The van der Waals surface area contributed by atoms with Gasteiger partial charge in [-0.3, -0.25) is 15.0 Å². The summed E-state index contributed by atoms with van der Waals surface area (Å²) in [6.07, 6.45) is 1.32. The lowest BCUT2D eigenvalue weighted by molar-refractivity contribution is -0.383. The number of benzene rings is 2. The smallest absolute Gasteiger partial charge is 0.353 e. The number of anilines is 2. The summed E-state index contributed by atoms with van der Waals surface area (Å²) in [4.78, 5) is 23.9. The van der Waals surface area contributed by atoms with Crippen molar-refractivity contribution in [2.45, 2.75) is 13.1 Å². The number of nitro groups is 1. The van der Waals surface area contributed by atoms with Crippen LogP contribution in [-0.2, 0) is 13.1 Å². The number of nitrogens with one attached hydrogen (secondary N) is 1. The predicted octanol–water partition coefficient (Wildman–Crippen LogP) is 4.11. The van der Waals surface area contributed by atoms with Crippen LogP contribution in [0.4, 0.5) is 21.7 Å². The Morgan fingerprint density at radius 1 is 1.06 bits per heavy atom. The van der Waals surface area contributed by atoms with Crippen LogP contribution >= 0.6 is 11.6 Å². The first-order valence-electron chi connectivity index (χ1n) is 10.2. The van der Waals surface area contributed by atoms with Crippen LogP contribution in [0.2, 0.25) is 5.02 Å². The van der Waals surface area contributed by atoms with Crippen LogP contribution in [0.3, 0.4) is 0 Å². The summed E-state index contributed by atoms with van der Waals surface area (Å²) in [7, 11) is 0. The van der Waals surface area contributed by atoms with E-state index in [1.807, 2.05) is 23.1 Å². The molecule has 1 aromatic heterocycles. The fourth-order valence-corrected chi connectivity index (χ4v) is 3.90. The SMILES string of the molecule is O=[N+]([O-])c1c(NCc2ccc(F)c(Cl)c2)ncnc1N1CCN(Cc2ccccc2)CC1. The van der Waals surface area contributed by atoms with Crippen LogP contribution in [0.5, 0.6) is 0 Å². The molecule has 0 aliphatic carbocycles. The molecule has 32 heavy (non-hydrogen) atoms. The Morgan fingerprint density at radius 3 is 2.50 bits per heavy atom. The Bertz CT molecular complexity index is 1090. The summed E-state index contributed by atoms with van der Waals surface area (Å²) in [5.74, 6) is -0.103. The zero-order valence-corrected chi connectivity index (χ0v) is 18.0. The van der Waals surface area contributed by atoms with E-state index in [1.165, 1.54) is 24.0 Å². The van der Waals surface area contributed by atoms with Crippen molar-refractivity contribution in [3.8, 4) is 0 Å². The summed E-state index contributed by atoms with van der Waals surface area (Å²) < 4.78 is 13.4. The van der Waals surface area contributed by atoms with Gasteiger partial charge in [0.05, 0.1) is 9.95 Å². The molecule has 0 amide bonds. The number of hydrogen-bond donors (Lipinski definition) is 1. The third kappa shape index (κ3) is 5.12. The first-order chi connectivity index (χ1) is 15.5. The van der Waals surface area contributed by atoms with Gasteiger partial charge in [0, 0.05) is 39.3 Å². The van der Waals surface area contributed by atoms with Crippen molar-refractivity contribution >= 4 is 28.9 Å². The number of piperazine rings is 1. The van der Waals surface area contributed by atoms with E-state index in [9.17, 15) is 14.5 Å². The summed E-state index contributed by atoms with van der Waals surface area (Å²) in [5.41, 5.74) is 1.75. The van der Waals surface area contributed by atoms with Gasteiger partial charge < -0.3 is 10.2 Å². The van der Waals surface area contributed by atoms with E-state index in [1.54, 1.807) is 6.07 Å². The Hall–Kier alpha value is -3.30. The maximum Gasteiger partial charge on any atom is 0.353 e. The minimum atomic E-state index is -0.517. The van der Waals surface area contributed by atoms with E-state index < -0.39 is 10.7 Å². The van der Waals surface area contributed by atoms with Crippen molar-refractivity contribution in [3.63, 3.8) is 0 Å². The van der Waals surface area contributed by atoms with E-state index in [-0.39, 0.29) is 23.1 Å². The zero-order chi connectivity index (χ0) is 22.5. The maximum atomic E-state index is 13.4. The van der Waals surface area contributed by atoms with Crippen molar-refractivity contribution in [1.82, 2.24) is 14.9 Å². The maximum absolute atomic E-state index is 13.4. The quantitative estimate of drug-likeness (QED) is 0.422. The second kappa shape index (κ2) is 9.88. The number of hydrogen-bond acceptors (Lipinski definition) is 7. The van der Waals surface area contributed by atoms with E-state index >= 15 is 0 Å². The molecule has 0 radical (unpaired) electrons. The Labute approximate surface area is 189 Å². The van der Waals surface area contributed by atoms with Gasteiger partial charge in [0.1, 0.15) is 12.1 Å². The average molecular weight is 457 g/mol. The lowest BCUT2D eigenvalue weighted by Crippen LogP contribution is -2.46. The second-order valence-corrected chi connectivity index (χ2v) is 7.91. The molecule has 0 bridgehead atoms. The molecular formula is C22H22ClFN6O2. The molecule has 1 saturated heterocycles. The minimum Gasteiger partial charge on any atom is -0.360 e. The van der Waals surface area contributed by atoms with Crippen molar-refractivity contribution in [2.24, 2.45) is 0 Å². The number of aromatic nitrogens is 2. The largest absolute Gasteiger partial charge is 0.360 e. The highest BCUT2D eigenvalue weighted by Gasteiger charge is 2.29. The molecule has 1 aliphatic rings. The first kappa shape index (κ1) is 21.9. The molecule has 2 heterocycles. The summed E-state index contributed by atoms with van der Waals surface area (Å²) in [6, 6.07) is 14.5. The average Bonchev–Trinajstić information content (AvgIpc) is 2.80. The Balaban J connectivity index is 1.46. The van der Waals surface area contributed by atoms with Crippen molar-refractivity contribution in [2.75, 3.05) is 36.4 Å². The topological polar surface area (TPSA) is 87.4 Å². The van der Waals surface area contributed by atoms with E-state index in [0.29, 0.717) is 24.5 Å². The molecule has 0 unspecified atom stereocenters. The molecule has 0 spiro atoms. The van der Waals surface area contributed by atoms with Crippen LogP contribution in [0.1, 0.15) is 11.1 Å². The van der Waals surface area contributed by atoms with E-state index in [4.69, 9.17) is 11.6 Å². The Morgan fingerprint density at radius 2 is 1.81 bits per heavy atom. The molecule has 4 rings (SSSR count). The third-order valence-corrected chi connectivity index (χ3v) is 5.64. The van der Waals surface area contributed by atoms with Gasteiger partial charge in [-0.1, -0.05) is 48.0 Å². The van der Waals surface area contributed by atoms with Crippen LogP contribution in [0, 0.1) is 15.9 Å². The van der Waals surface area contributed by atoms with Crippen LogP contribution in [0.15, 0.2) is 54.9 Å². The molecule has 8 nitrogen and oxygen atoms in total. The molecule has 1 aliphatic heterocycles. The molecule has 3 aromatic rings. The molecule has 1 fully saturated rings. The van der Waals surface area contributed by atoms with E-state index in [2.05, 4.69) is 32.3 Å². The highest BCUT2D eigenvalue weighted by molar-refractivity contribution is 6.30.